The Morgan fingerprint density at radius 3 is 2.79 bits per heavy atom. The van der Waals surface area contributed by atoms with E-state index in [0.717, 1.165) is 0 Å². The van der Waals surface area contributed by atoms with Gasteiger partial charge in [-0.05, 0) is 12.5 Å². The molecule has 14 heavy (non-hydrogen) atoms. The zero-order valence-corrected chi connectivity index (χ0v) is 8.51. The van der Waals surface area contributed by atoms with E-state index in [0.29, 0.717) is 12.1 Å². The van der Waals surface area contributed by atoms with Crippen molar-refractivity contribution in [3.63, 3.8) is 0 Å². The molecule has 1 unspecified atom stereocenters. The van der Waals surface area contributed by atoms with E-state index in [-0.39, 0.29) is 18.1 Å². The first-order chi connectivity index (χ1) is 6.52. The van der Waals surface area contributed by atoms with Crippen LogP contribution in [0.5, 0.6) is 0 Å². The van der Waals surface area contributed by atoms with E-state index in [4.69, 9.17) is 5.73 Å². The molecule has 0 spiro atoms. The van der Waals surface area contributed by atoms with Crippen molar-refractivity contribution in [3.05, 3.63) is 24.6 Å². The smallest absolute Gasteiger partial charge is 0.223 e. The lowest BCUT2D eigenvalue weighted by atomic mass is 10.3. The Morgan fingerprint density at radius 1 is 1.64 bits per heavy atom. The zero-order chi connectivity index (χ0) is 11.0. The topological polar surface area (TPSA) is 95.2 Å². The van der Waals surface area contributed by atoms with Crippen LogP contribution >= 0.6 is 0 Å². The van der Waals surface area contributed by atoms with Crippen LogP contribution < -0.4 is 11.1 Å². The molecule has 0 aliphatic rings. The fourth-order valence-electron chi connectivity index (χ4n) is 0.664. The summed E-state index contributed by atoms with van der Waals surface area (Å²) in [5.41, 5.74) is 5.54. The summed E-state index contributed by atoms with van der Waals surface area (Å²) >= 11 is -2.08. The molecule has 0 aromatic rings. The molecule has 0 rings (SSSR count). The first-order valence-corrected chi connectivity index (χ1v) is 5.23. The molecule has 0 aromatic carbocycles. The van der Waals surface area contributed by atoms with E-state index < -0.39 is 11.1 Å². The summed E-state index contributed by atoms with van der Waals surface area (Å²) < 4.78 is 20.2. The van der Waals surface area contributed by atoms with Gasteiger partial charge in [-0.2, -0.15) is 0 Å². The first kappa shape index (κ1) is 12.9. The Morgan fingerprint density at radius 2 is 2.29 bits per heavy atom. The molecule has 3 N–H and O–H groups in total. The molecule has 6 heteroatoms. The number of nitrogens with one attached hydrogen (secondary N) is 1. The Kier molecular flexibility index (Phi) is 6.69. The average molecular weight is 217 g/mol. The summed E-state index contributed by atoms with van der Waals surface area (Å²) in [6, 6.07) is 0. The van der Waals surface area contributed by atoms with Crippen molar-refractivity contribution in [1.29, 1.82) is 0 Å². The molecule has 1 atom stereocenters. The van der Waals surface area contributed by atoms with Gasteiger partial charge >= 0.3 is 0 Å². The Labute approximate surface area is 85.3 Å². The fraction of sp³-hybridized carbons (Fsp3) is 0.375. The van der Waals surface area contributed by atoms with Gasteiger partial charge in [-0.3, -0.25) is 9.00 Å². The Hall–Kier alpha value is -1.14. The van der Waals surface area contributed by atoms with Crippen molar-refractivity contribution in [2.24, 2.45) is 5.73 Å². The van der Waals surface area contributed by atoms with Crippen LogP contribution in [0.1, 0.15) is 12.8 Å². The number of rotatable bonds is 6. The van der Waals surface area contributed by atoms with Gasteiger partial charge in [0.25, 0.3) is 0 Å². The van der Waals surface area contributed by atoms with Gasteiger partial charge in [-0.1, -0.05) is 17.7 Å². The number of amides is 1. The van der Waals surface area contributed by atoms with E-state index in [1.54, 1.807) is 0 Å². The Balaban J connectivity index is 3.56. The Bertz CT molecular complexity index is 263. The normalized spacial score (nSPS) is 12.6. The van der Waals surface area contributed by atoms with Gasteiger partial charge in [0.05, 0.1) is 0 Å². The van der Waals surface area contributed by atoms with Crippen LogP contribution in [0, 0.1) is 0 Å². The quantitative estimate of drug-likeness (QED) is 0.473. The molecule has 0 aliphatic carbocycles. The largest absolute Gasteiger partial charge is 0.772 e. The maximum Gasteiger partial charge on any atom is 0.223 e. The van der Waals surface area contributed by atoms with Crippen molar-refractivity contribution in [1.82, 2.24) is 5.32 Å². The van der Waals surface area contributed by atoms with Crippen LogP contribution in [0.4, 0.5) is 0 Å². The van der Waals surface area contributed by atoms with Crippen LogP contribution in [0.25, 0.3) is 0 Å². The minimum atomic E-state index is -2.08. The minimum Gasteiger partial charge on any atom is -0.772 e. The molecule has 0 saturated heterocycles. The number of carbonyl (C=O) groups excluding carboxylic acids is 1. The molecule has 5 nitrogen and oxygen atoms in total. The van der Waals surface area contributed by atoms with Gasteiger partial charge in [0, 0.05) is 24.1 Å². The van der Waals surface area contributed by atoms with Crippen molar-refractivity contribution in [2.75, 3.05) is 5.75 Å². The van der Waals surface area contributed by atoms with Crippen molar-refractivity contribution in [2.45, 2.75) is 12.8 Å². The highest BCUT2D eigenvalue weighted by Crippen LogP contribution is 1.91. The van der Waals surface area contributed by atoms with Crippen molar-refractivity contribution < 1.29 is 13.6 Å². The van der Waals surface area contributed by atoms with E-state index >= 15 is 0 Å². The van der Waals surface area contributed by atoms with Crippen LogP contribution in [0.3, 0.4) is 0 Å². The third-order valence-electron chi connectivity index (χ3n) is 1.26. The molecular formula is C8H13N2O3S-. The molecule has 0 heterocycles. The van der Waals surface area contributed by atoms with Gasteiger partial charge in [0.1, 0.15) is 0 Å². The second-order valence-corrected chi connectivity index (χ2v) is 3.60. The van der Waals surface area contributed by atoms with Crippen LogP contribution in [-0.2, 0) is 15.9 Å². The summed E-state index contributed by atoms with van der Waals surface area (Å²) in [5, 5.41) is 2.43. The highest BCUT2D eigenvalue weighted by atomic mass is 32.2. The number of hydrogen-bond donors (Lipinski definition) is 2. The number of carbonyl (C=O) groups is 1. The molecule has 0 radical (unpaired) electrons. The van der Waals surface area contributed by atoms with Gasteiger partial charge in [0.2, 0.25) is 5.91 Å². The summed E-state index contributed by atoms with van der Waals surface area (Å²) in [4.78, 5) is 11.0. The van der Waals surface area contributed by atoms with E-state index in [2.05, 4.69) is 11.9 Å². The predicted octanol–water partition coefficient (Wildman–Crippen LogP) is -0.252. The molecule has 80 valence electrons. The molecule has 0 aliphatic heterocycles. The number of hydrogen-bond acceptors (Lipinski definition) is 4. The van der Waals surface area contributed by atoms with Gasteiger partial charge in [-0.25, -0.2) is 0 Å². The second kappa shape index (κ2) is 7.28. The lowest BCUT2D eigenvalue weighted by Gasteiger charge is -2.03. The second-order valence-electron chi connectivity index (χ2n) is 2.59. The van der Waals surface area contributed by atoms with Gasteiger partial charge < -0.3 is 15.6 Å². The van der Waals surface area contributed by atoms with E-state index in [9.17, 15) is 13.6 Å². The molecule has 0 bridgehead atoms. The maximum atomic E-state index is 11.0. The van der Waals surface area contributed by atoms with Gasteiger partial charge in [-0.15, -0.1) is 0 Å². The molecular weight excluding hydrogens is 204 g/mol. The fourth-order valence-corrected chi connectivity index (χ4v) is 1.04. The monoisotopic (exact) mass is 217 g/mol. The summed E-state index contributed by atoms with van der Waals surface area (Å²) in [6.45, 7) is 3.40. The maximum absolute atomic E-state index is 11.0. The summed E-state index contributed by atoms with van der Waals surface area (Å²) in [6.07, 6.45) is 3.32. The highest BCUT2D eigenvalue weighted by Gasteiger charge is 1.97. The molecule has 1 amide bonds. The van der Waals surface area contributed by atoms with Crippen LogP contribution in [-0.4, -0.2) is 20.4 Å². The third kappa shape index (κ3) is 8.95. The lowest BCUT2D eigenvalue weighted by Crippen LogP contribution is -2.17. The number of allylic oxidation sites excluding steroid dienone is 1. The van der Waals surface area contributed by atoms with E-state index in [1.165, 1.54) is 12.3 Å². The van der Waals surface area contributed by atoms with Crippen LogP contribution in [0.15, 0.2) is 24.6 Å². The number of nitrogens with two attached hydrogens (primary N) is 1. The van der Waals surface area contributed by atoms with Gasteiger partial charge in [0.15, 0.2) is 0 Å². The van der Waals surface area contributed by atoms with Crippen LogP contribution in [0.2, 0.25) is 0 Å². The van der Waals surface area contributed by atoms with E-state index in [1.807, 2.05) is 0 Å². The highest BCUT2D eigenvalue weighted by molar-refractivity contribution is 7.79. The summed E-state index contributed by atoms with van der Waals surface area (Å²) in [5.74, 6) is -0.242. The molecule has 0 saturated carbocycles. The van der Waals surface area contributed by atoms with Crippen molar-refractivity contribution >= 4 is 17.0 Å². The SMILES string of the molecule is C=C(N)/C=C/NC(=O)CCCS(=O)[O-]. The molecule has 0 fully saturated rings. The standard InChI is InChI=1S/C8H14N2O3S/c1-7(9)4-5-10-8(11)3-2-6-14(12)13/h4-5H,1-3,6,9H2,(H,10,11)(H,12,13)/p-1/b5-4+. The zero-order valence-electron chi connectivity index (χ0n) is 7.69. The third-order valence-corrected chi connectivity index (χ3v) is 1.88. The minimum absolute atomic E-state index is 0.000726. The summed E-state index contributed by atoms with van der Waals surface area (Å²) in [7, 11) is 0. The van der Waals surface area contributed by atoms with Crippen molar-refractivity contribution in [3.8, 4) is 0 Å². The first-order valence-electron chi connectivity index (χ1n) is 3.98. The lowest BCUT2D eigenvalue weighted by molar-refractivity contribution is -0.120. The predicted molar refractivity (Wildman–Crippen MR) is 53.6 cm³/mol. The molecule has 0 aromatic heterocycles. The average Bonchev–Trinajstić information content (AvgIpc) is 2.02.